The van der Waals surface area contributed by atoms with Gasteiger partial charge < -0.3 is 15.2 Å². The number of carbonyl (C=O) groups excluding carboxylic acids is 2. The zero-order valence-electron chi connectivity index (χ0n) is 23.1. The fourth-order valence-electron chi connectivity index (χ4n) is 5.01. The molecule has 2 aromatic rings. The first-order chi connectivity index (χ1) is 18.2. The molecular weight excluding hydrogens is 518 g/mol. The number of aliphatic hydroxyl groups is 1. The number of nitrogens with one attached hydrogen (secondary N) is 2. The van der Waals surface area contributed by atoms with Gasteiger partial charge in [0.15, 0.2) is 11.6 Å². The van der Waals surface area contributed by atoms with Crippen molar-refractivity contribution in [2.24, 2.45) is 10.3 Å². The Morgan fingerprint density at radius 3 is 2.51 bits per heavy atom. The molecule has 1 unspecified atom stereocenters. The zero-order chi connectivity index (χ0) is 28.8. The molecule has 0 spiro atoms. The number of ketones is 1. The second-order valence-corrected chi connectivity index (χ2v) is 12.9. The van der Waals surface area contributed by atoms with E-state index in [1.54, 1.807) is 32.9 Å². The van der Waals surface area contributed by atoms with Gasteiger partial charge >= 0.3 is 6.09 Å². The summed E-state index contributed by atoms with van der Waals surface area (Å²) in [7, 11) is -4.29. The number of anilines is 2. The highest BCUT2D eigenvalue weighted by Crippen LogP contribution is 2.46. The van der Waals surface area contributed by atoms with Gasteiger partial charge in [-0.15, -0.1) is 4.40 Å². The van der Waals surface area contributed by atoms with Crippen LogP contribution in [-0.4, -0.2) is 36.8 Å². The van der Waals surface area contributed by atoms with Gasteiger partial charge in [0.25, 0.3) is 10.0 Å². The Balaban J connectivity index is 1.77. The third-order valence-corrected chi connectivity index (χ3v) is 8.27. The number of carbonyl (C=O) groups is 2. The SMILES string of the molecule is CCC1(CCC(C)C)C(=O)C(C2=NS(=O)(=O)c3cc(NC(=O)OC(C)(C)C)ccc3N2)=C(O)c2ccccc21. The van der Waals surface area contributed by atoms with Crippen molar-refractivity contribution in [1.82, 2.24) is 0 Å². The van der Waals surface area contributed by atoms with E-state index in [1.165, 1.54) is 18.2 Å². The minimum absolute atomic E-state index is 0.149. The first-order valence-corrected chi connectivity index (χ1v) is 14.5. The maximum Gasteiger partial charge on any atom is 0.412 e. The summed E-state index contributed by atoms with van der Waals surface area (Å²) >= 11 is 0. The van der Waals surface area contributed by atoms with Crippen molar-refractivity contribution in [3.63, 3.8) is 0 Å². The van der Waals surface area contributed by atoms with Gasteiger partial charge in [-0.25, -0.2) is 4.79 Å². The zero-order valence-corrected chi connectivity index (χ0v) is 23.9. The second kappa shape index (κ2) is 10.1. The standard InChI is InChI=1S/C29H35N3O6S/c1-7-29(15-14-17(2)3)20-11-9-8-10-19(20)24(33)23(25(29)34)26-31-21-13-12-18(16-22(21)39(36,37)32-26)30-27(35)38-28(4,5)6/h8-13,16-17,33H,7,14-15H2,1-6H3,(H,30,35)(H,31,32). The molecular formula is C29H35N3O6S. The number of benzene rings is 2. The molecule has 9 nitrogen and oxygen atoms in total. The Labute approximate surface area is 229 Å². The van der Waals surface area contributed by atoms with Crippen molar-refractivity contribution in [2.75, 3.05) is 10.6 Å². The number of ether oxygens (including phenoxy) is 1. The number of amidine groups is 1. The van der Waals surface area contributed by atoms with Crippen LogP contribution in [0.4, 0.5) is 16.2 Å². The first-order valence-electron chi connectivity index (χ1n) is 13.0. The molecule has 3 N–H and O–H groups in total. The third-order valence-electron chi connectivity index (χ3n) is 6.95. The lowest BCUT2D eigenvalue weighted by atomic mass is 9.64. The molecule has 208 valence electrons. The van der Waals surface area contributed by atoms with Crippen molar-refractivity contribution < 1.29 is 27.9 Å². The van der Waals surface area contributed by atoms with Crippen LogP contribution in [0.25, 0.3) is 5.76 Å². The molecule has 0 fully saturated rings. The maximum absolute atomic E-state index is 14.2. The van der Waals surface area contributed by atoms with E-state index in [0.717, 1.165) is 12.0 Å². The van der Waals surface area contributed by atoms with Crippen LogP contribution in [0.1, 0.15) is 71.9 Å². The van der Waals surface area contributed by atoms with E-state index in [4.69, 9.17) is 4.74 Å². The minimum Gasteiger partial charge on any atom is -0.506 e. The van der Waals surface area contributed by atoms with Crippen LogP contribution in [0, 0.1) is 5.92 Å². The fraction of sp³-hybridized carbons (Fsp3) is 0.414. The van der Waals surface area contributed by atoms with Crippen LogP contribution in [0.3, 0.4) is 0 Å². The van der Waals surface area contributed by atoms with Gasteiger partial charge in [0, 0.05) is 11.3 Å². The van der Waals surface area contributed by atoms with Crippen LogP contribution in [0.2, 0.25) is 0 Å². The molecule has 2 aromatic carbocycles. The number of hydrogen-bond acceptors (Lipinski definition) is 7. The molecule has 0 bridgehead atoms. The normalized spacial score (nSPS) is 20.1. The van der Waals surface area contributed by atoms with Gasteiger partial charge in [-0.3, -0.25) is 10.1 Å². The topological polar surface area (TPSA) is 134 Å². The minimum atomic E-state index is -4.29. The molecule has 1 aliphatic heterocycles. The molecule has 1 amide bonds. The van der Waals surface area contributed by atoms with Crippen molar-refractivity contribution >= 4 is 44.9 Å². The summed E-state index contributed by atoms with van der Waals surface area (Å²) in [6.07, 6.45) is 1.06. The smallest absolute Gasteiger partial charge is 0.412 e. The predicted octanol–water partition coefficient (Wildman–Crippen LogP) is 6.18. The molecule has 0 radical (unpaired) electrons. The van der Waals surface area contributed by atoms with E-state index < -0.39 is 27.1 Å². The van der Waals surface area contributed by atoms with Gasteiger partial charge in [-0.05, 0) is 69.7 Å². The average Bonchev–Trinajstić information content (AvgIpc) is 2.83. The van der Waals surface area contributed by atoms with Gasteiger partial charge in [-0.1, -0.05) is 45.0 Å². The summed E-state index contributed by atoms with van der Waals surface area (Å²) in [6.45, 7) is 11.2. The summed E-state index contributed by atoms with van der Waals surface area (Å²) in [6, 6.07) is 11.4. The number of fused-ring (bicyclic) bond motifs is 2. The van der Waals surface area contributed by atoms with E-state index in [1.807, 2.05) is 19.1 Å². The molecule has 0 aromatic heterocycles. The van der Waals surface area contributed by atoms with E-state index in [2.05, 4.69) is 28.9 Å². The lowest BCUT2D eigenvalue weighted by Gasteiger charge is -2.39. The van der Waals surface area contributed by atoms with E-state index >= 15 is 0 Å². The Bertz CT molecular complexity index is 1500. The number of aliphatic hydroxyl groups excluding tert-OH is 1. The number of rotatable bonds is 6. The number of amides is 1. The molecule has 2 aliphatic rings. The van der Waals surface area contributed by atoms with Crippen molar-refractivity contribution in [3.05, 3.63) is 59.2 Å². The Kier molecular flexibility index (Phi) is 7.37. The second-order valence-electron chi connectivity index (χ2n) is 11.3. The van der Waals surface area contributed by atoms with Gasteiger partial charge in [0.2, 0.25) is 0 Å². The Hall–Kier alpha value is -3.66. The van der Waals surface area contributed by atoms with Gasteiger partial charge in [0.1, 0.15) is 21.8 Å². The Morgan fingerprint density at radius 2 is 1.87 bits per heavy atom. The largest absolute Gasteiger partial charge is 0.506 e. The van der Waals surface area contributed by atoms with Crippen molar-refractivity contribution in [2.45, 2.75) is 76.7 Å². The number of nitrogens with zero attached hydrogens (tertiary/aromatic N) is 1. The van der Waals surface area contributed by atoms with Crippen LogP contribution in [0.5, 0.6) is 0 Å². The van der Waals surface area contributed by atoms with Gasteiger partial charge in [0.05, 0.1) is 11.1 Å². The molecule has 0 saturated carbocycles. The summed E-state index contributed by atoms with van der Waals surface area (Å²) in [4.78, 5) is 26.2. The molecule has 1 atom stereocenters. The molecule has 10 heteroatoms. The van der Waals surface area contributed by atoms with Crippen LogP contribution < -0.4 is 10.6 Å². The quantitative estimate of drug-likeness (QED) is 0.389. The molecule has 1 heterocycles. The highest BCUT2D eigenvalue weighted by molar-refractivity contribution is 7.90. The van der Waals surface area contributed by atoms with Crippen LogP contribution in [0.15, 0.2) is 57.3 Å². The highest BCUT2D eigenvalue weighted by Gasteiger charge is 2.48. The Morgan fingerprint density at radius 1 is 1.18 bits per heavy atom. The monoisotopic (exact) mass is 553 g/mol. The van der Waals surface area contributed by atoms with Crippen molar-refractivity contribution in [1.29, 1.82) is 0 Å². The summed E-state index contributed by atoms with van der Waals surface area (Å²) in [5, 5.41) is 16.8. The summed E-state index contributed by atoms with van der Waals surface area (Å²) in [5.74, 6) is -0.556. The number of Topliss-reactive ketones (excluding diaryl/α,β-unsaturated/α-hetero) is 1. The molecule has 39 heavy (non-hydrogen) atoms. The van der Waals surface area contributed by atoms with Crippen molar-refractivity contribution in [3.8, 4) is 0 Å². The summed E-state index contributed by atoms with van der Waals surface area (Å²) in [5.41, 5.74) is -0.211. The van der Waals surface area contributed by atoms with E-state index in [0.29, 0.717) is 24.3 Å². The molecule has 4 rings (SSSR count). The third kappa shape index (κ3) is 5.43. The predicted molar refractivity (Wildman–Crippen MR) is 152 cm³/mol. The molecule has 1 aliphatic carbocycles. The average molecular weight is 554 g/mol. The molecule has 0 saturated heterocycles. The fourth-order valence-corrected chi connectivity index (χ4v) is 6.16. The van der Waals surface area contributed by atoms with Gasteiger partial charge in [-0.2, -0.15) is 8.42 Å². The highest BCUT2D eigenvalue weighted by atomic mass is 32.2. The number of hydrogen-bond donors (Lipinski definition) is 3. The lowest BCUT2D eigenvalue weighted by molar-refractivity contribution is -0.121. The van der Waals surface area contributed by atoms with Crippen LogP contribution >= 0.6 is 0 Å². The summed E-state index contributed by atoms with van der Waals surface area (Å²) < 4.78 is 35.8. The van der Waals surface area contributed by atoms with Crippen LogP contribution in [-0.2, 0) is 25.0 Å². The van der Waals surface area contributed by atoms with E-state index in [9.17, 15) is 23.1 Å². The maximum atomic E-state index is 14.2. The van der Waals surface area contributed by atoms with E-state index in [-0.39, 0.29) is 39.2 Å². The number of sulfonamides is 1. The first kappa shape index (κ1) is 28.4. The lowest BCUT2D eigenvalue weighted by Crippen LogP contribution is -2.44.